The lowest BCUT2D eigenvalue weighted by Gasteiger charge is -2.32. The zero-order valence-electron chi connectivity index (χ0n) is 12.9. The number of amides is 1. The molecule has 0 spiro atoms. The molecule has 1 aliphatic heterocycles. The quantitative estimate of drug-likeness (QED) is 0.834. The molecule has 1 aliphatic rings. The maximum Gasteiger partial charge on any atom is 0.236 e. The first-order chi connectivity index (χ1) is 10.5. The van der Waals surface area contributed by atoms with E-state index in [1.165, 1.54) is 0 Å². The molecule has 1 amide bonds. The smallest absolute Gasteiger partial charge is 0.236 e. The number of halogens is 1. The molecule has 1 atom stereocenters. The highest BCUT2D eigenvalue weighted by Gasteiger charge is 2.21. The van der Waals surface area contributed by atoms with Crippen LogP contribution in [0, 0.1) is 0 Å². The summed E-state index contributed by atoms with van der Waals surface area (Å²) in [4.78, 5) is 13.9. The largest absolute Gasteiger partial charge is 0.492 e. The summed E-state index contributed by atoms with van der Waals surface area (Å²) in [5.41, 5.74) is 5.56. The molecule has 122 valence electrons. The van der Waals surface area contributed by atoms with Crippen molar-refractivity contribution >= 4 is 17.5 Å². The Morgan fingerprint density at radius 3 is 2.64 bits per heavy atom. The fraction of sp³-hybridized carbons (Fsp3) is 0.562. The van der Waals surface area contributed by atoms with Gasteiger partial charge in [-0.1, -0.05) is 11.6 Å². The Balaban J connectivity index is 1.63. The summed E-state index contributed by atoms with van der Waals surface area (Å²) < 4.78 is 5.70. The number of piperidine rings is 1. The van der Waals surface area contributed by atoms with Crippen LogP contribution in [0.15, 0.2) is 24.3 Å². The molecule has 1 saturated heterocycles. The normalized spacial score (nSPS) is 18.0. The molecule has 0 bridgehead atoms. The second-order valence-electron chi connectivity index (χ2n) is 5.72. The molecule has 0 radical (unpaired) electrons. The van der Waals surface area contributed by atoms with Crippen molar-refractivity contribution in [2.24, 2.45) is 5.73 Å². The molecular formula is C16H24ClN3O2. The predicted octanol–water partition coefficient (Wildman–Crippen LogP) is 1.65. The number of nitrogens with zero attached hydrogens (tertiary/aromatic N) is 1. The molecular weight excluding hydrogens is 302 g/mol. The van der Waals surface area contributed by atoms with Crippen LogP contribution in [0.2, 0.25) is 5.02 Å². The molecule has 1 aromatic carbocycles. The van der Waals surface area contributed by atoms with E-state index >= 15 is 0 Å². The van der Waals surface area contributed by atoms with Gasteiger partial charge in [0.2, 0.25) is 5.91 Å². The molecule has 0 saturated carbocycles. The Bertz CT molecular complexity index is 471. The van der Waals surface area contributed by atoms with E-state index in [4.69, 9.17) is 22.1 Å². The summed E-state index contributed by atoms with van der Waals surface area (Å²) in [6, 6.07) is 7.20. The van der Waals surface area contributed by atoms with E-state index in [1.54, 1.807) is 6.92 Å². The van der Waals surface area contributed by atoms with E-state index < -0.39 is 6.04 Å². The lowest BCUT2D eigenvalue weighted by atomic mass is 10.0. The molecule has 5 nitrogen and oxygen atoms in total. The minimum absolute atomic E-state index is 0.0653. The van der Waals surface area contributed by atoms with Gasteiger partial charge in [-0.2, -0.15) is 0 Å². The molecule has 1 fully saturated rings. The summed E-state index contributed by atoms with van der Waals surface area (Å²) in [7, 11) is 0. The third-order valence-electron chi connectivity index (χ3n) is 3.84. The van der Waals surface area contributed by atoms with Crippen LogP contribution in [0.25, 0.3) is 0 Å². The number of nitrogens with one attached hydrogen (secondary N) is 1. The van der Waals surface area contributed by atoms with Gasteiger partial charge in [-0.3, -0.25) is 9.69 Å². The lowest BCUT2D eigenvalue weighted by molar-refractivity contribution is -0.123. The first kappa shape index (κ1) is 17.1. The monoisotopic (exact) mass is 325 g/mol. The van der Waals surface area contributed by atoms with E-state index in [-0.39, 0.29) is 11.9 Å². The molecule has 1 heterocycles. The van der Waals surface area contributed by atoms with E-state index in [0.717, 1.165) is 38.2 Å². The van der Waals surface area contributed by atoms with Crippen molar-refractivity contribution in [1.82, 2.24) is 10.2 Å². The van der Waals surface area contributed by atoms with Gasteiger partial charge in [-0.05, 0) is 44.0 Å². The Hall–Kier alpha value is -1.30. The van der Waals surface area contributed by atoms with Gasteiger partial charge < -0.3 is 15.8 Å². The maximum atomic E-state index is 11.6. The van der Waals surface area contributed by atoms with E-state index in [2.05, 4.69) is 10.2 Å². The van der Waals surface area contributed by atoms with Gasteiger partial charge in [-0.25, -0.2) is 0 Å². The number of hydrogen-bond acceptors (Lipinski definition) is 4. The van der Waals surface area contributed by atoms with E-state index in [0.29, 0.717) is 11.6 Å². The van der Waals surface area contributed by atoms with Crippen LogP contribution in [-0.2, 0) is 4.79 Å². The average molecular weight is 326 g/mol. The number of likely N-dealkylation sites (tertiary alicyclic amines) is 1. The van der Waals surface area contributed by atoms with Gasteiger partial charge in [-0.15, -0.1) is 0 Å². The standard InChI is InChI=1S/C16H24ClN3O2/c1-12(18)16(21)19-14-6-8-20(9-7-14)10-11-22-15-4-2-13(17)3-5-15/h2-5,12,14H,6-11,18H2,1H3,(H,19,21). The van der Waals surface area contributed by atoms with Crippen molar-refractivity contribution in [3.8, 4) is 5.75 Å². The summed E-state index contributed by atoms with van der Waals surface area (Å²) in [5.74, 6) is 0.771. The van der Waals surface area contributed by atoms with Crippen molar-refractivity contribution in [2.45, 2.75) is 31.8 Å². The zero-order chi connectivity index (χ0) is 15.9. The lowest BCUT2D eigenvalue weighted by Crippen LogP contribution is -2.49. The first-order valence-corrected chi connectivity index (χ1v) is 8.09. The minimum atomic E-state index is -0.439. The number of ether oxygens (including phenoxy) is 1. The van der Waals surface area contributed by atoms with Crippen LogP contribution >= 0.6 is 11.6 Å². The molecule has 0 aliphatic carbocycles. The number of rotatable bonds is 6. The van der Waals surface area contributed by atoms with Gasteiger partial charge in [0, 0.05) is 30.7 Å². The fourth-order valence-electron chi connectivity index (χ4n) is 2.46. The van der Waals surface area contributed by atoms with Crippen molar-refractivity contribution in [3.05, 3.63) is 29.3 Å². The predicted molar refractivity (Wildman–Crippen MR) is 88.2 cm³/mol. The highest BCUT2D eigenvalue weighted by Crippen LogP contribution is 2.16. The Morgan fingerprint density at radius 2 is 2.05 bits per heavy atom. The Morgan fingerprint density at radius 1 is 1.41 bits per heavy atom. The summed E-state index contributed by atoms with van der Waals surface area (Å²) in [6.07, 6.45) is 1.92. The highest BCUT2D eigenvalue weighted by atomic mass is 35.5. The minimum Gasteiger partial charge on any atom is -0.492 e. The molecule has 22 heavy (non-hydrogen) atoms. The topological polar surface area (TPSA) is 67.6 Å². The van der Waals surface area contributed by atoms with Gasteiger partial charge in [0.15, 0.2) is 0 Å². The van der Waals surface area contributed by atoms with Gasteiger partial charge in [0.05, 0.1) is 6.04 Å². The van der Waals surface area contributed by atoms with Crippen LogP contribution in [0.4, 0.5) is 0 Å². The number of carbonyl (C=O) groups is 1. The molecule has 0 aromatic heterocycles. The third-order valence-corrected chi connectivity index (χ3v) is 4.09. The van der Waals surface area contributed by atoms with Gasteiger partial charge in [0.1, 0.15) is 12.4 Å². The molecule has 2 rings (SSSR count). The second kappa shape index (κ2) is 8.36. The zero-order valence-corrected chi connectivity index (χ0v) is 13.7. The van der Waals surface area contributed by atoms with Crippen LogP contribution in [0.5, 0.6) is 5.75 Å². The Labute approximate surface area is 136 Å². The highest BCUT2D eigenvalue weighted by molar-refractivity contribution is 6.30. The van der Waals surface area contributed by atoms with E-state index in [9.17, 15) is 4.79 Å². The van der Waals surface area contributed by atoms with Crippen LogP contribution in [0.1, 0.15) is 19.8 Å². The van der Waals surface area contributed by atoms with Crippen molar-refractivity contribution in [3.63, 3.8) is 0 Å². The third kappa shape index (κ3) is 5.48. The van der Waals surface area contributed by atoms with Gasteiger partial charge in [0.25, 0.3) is 0 Å². The van der Waals surface area contributed by atoms with Crippen molar-refractivity contribution in [1.29, 1.82) is 0 Å². The number of benzene rings is 1. The number of hydrogen-bond donors (Lipinski definition) is 2. The van der Waals surface area contributed by atoms with Crippen molar-refractivity contribution in [2.75, 3.05) is 26.2 Å². The molecule has 6 heteroatoms. The second-order valence-corrected chi connectivity index (χ2v) is 6.15. The number of nitrogens with two attached hydrogens (primary N) is 1. The summed E-state index contributed by atoms with van der Waals surface area (Å²) in [5, 5.41) is 3.70. The molecule has 3 N–H and O–H groups in total. The summed E-state index contributed by atoms with van der Waals surface area (Å²) >= 11 is 5.84. The first-order valence-electron chi connectivity index (χ1n) is 7.71. The van der Waals surface area contributed by atoms with Crippen LogP contribution in [-0.4, -0.2) is 49.1 Å². The van der Waals surface area contributed by atoms with Crippen LogP contribution in [0.3, 0.4) is 0 Å². The molecule has 1 unspecified atom stereocenters. The SMILES string of the molecule is CC(N)C(=O)NC1CCN(CCOc2ccc(Cl)cc2)CC1. The van der Waals surface area contributed by atoms with Crippen LogP contribution < -0.4 is 15.8 Å². The fourth-order valence-corrected chi connectivity index (χ4v) is 2.58. The number of carbonyl (C=O) groups excluding carboxylic acids is 1. The summed E-state index contributed by atoms with van der Waals surface area (Å²) in [6.45, 7) is 5.18. The van der Waals surface area contributed by atoms with Crippen molar-refractivity contribution < 1.29 is 9.53 Å². The average Bonchev–Trinajstić information content (AvgIpc) is 2.51. The Kier molecular flexibility index (Phi) is 6.49. The molecule has 1 aromatic rings. The van der Waals surface area contributed by atoms with E-state index in [1.807, 2.05) is 24.3 Å². The maximum absolute atomic E-state index is 11.6. The van der Waals surface area contributed by atoms with Gasteiger partial charge >= 0.3 is 0 Å².